The Morgan fingerprint density at radius 2 is 2.03 bits per heavy atom. The monoisotopic (exact) mass is 452 g/mol. The van der Waals surface area contributed by atoms with E-state index in [9.17, 15) is 13.6 Å². The van der Waals surface area contributed by atoms with Gasteiger partial charge in [-0.05, 0) is 74.3 Å². The number of halogens is 2. The van der Waals surface area contributed by atoms with Crippen molar-refractivity contribution in [2.75, 3.05) is 26.7 Å². The lowest BCUT2D eigenvalue weighted by Gasteiger charge is -2.31. The van der Waals surface area contributed by atoms with Crippen molar-refractivity contribution in [2.24, 2.45) is 5.92 Å². The average molecular weight is 453 g/mol. The summed E-state index contributed by atoms with van der Waals surface area (Å²) >= 11 is 0. The third kappa shape index (κ3) is 5.70. The van der Waals surface area contributed by atoms with Gasteiger partial charge < -0.3 is 15.0 Å². The van der Waals surface area contributed by atoms with E-state index in [1.54, 1.807) is 19.4 Å². The second-order valence-electron chi connectivity index (χ2n) is 8.07. The number of likely N-dealkylation sites (tertiary alicyclic amines) is 1. The molecule has 1 aromatic carbocycles. The Morgan fingerprint density at radius 3 is 2.82 bits per heavy atom. The first kappa shape index (κ1) is 22.8. The summed E-state index contributed by atoms with van der Waals surface area (Å²) in [5.41, 5.74) is 2.91. The molecule has 1 aliphatic rings. The number of methoxy groups -OCH3 is 1. The van der Waals surface area contributed by atoms with Gasteiger partial charge in [0.1, 0.15) is 11.6 Å². The first-order valence-corrected chi connectivity index (χ1v) is 11.0. The fraction of sp³-hybridized carbons (Fsp3) is 0.320. The maximum Gasteiger partial charge on any atom is 0.227 e. The number of amides is 1. The summed E-state index contributed by atoms with van der Waals surface area (Å²) in [6.45, 7) is 2.51. The summed E-state index contributed by atoms with van der Waals surface area (Å²) in [7, 11) is 1.60. The molecule has 0 bridgehead atoms. The van der Waals surface area contributed by atoms with Gasteiger partial charge in [0.25, 0.3) is 0 Å². The van der Waals surface area contributed by atoms with Gasteiger partial charge in [-0.1, -0.05) is 0 Å². The summed E-state index contributed by atoms with van der Waals surface area (Å²) in [6.07, 6.45) is 6.87. The van der Waals surface area contributed by atoms with Crippen LogP contribution in [0, 0.1) is 17.6 Å². The summed E-state index contributed by atoms with van der Waals surface area (Å²) in [4.78, 5) is 23.7. The molecule has 4 rings (SSSR count). The Balaban J connectivity index is 1.27. The fourth-order valence-corrected chi connectivity index (χ4v) is 4.05. The lowest BCUT2D eigenvalue weighted by atomic mass is 9.95. The molecule has 1 saturated heterocycles. The molecule has 1 N–H and O–H groups in total. The van der Waals surface area contributed by atoms with Crippen molar-refractivity contribution in [1.29, 1.82) is 0 Å². The number of carbonyl (C=O) groups is 1. The number of nitrogens with one attached hydrogen (secondary N) is 1. The summed E-state index contributed by atoms with van der Waals surface area (Å²) in [6, 6.07) is 8.92. The van der Waals surface area contributed by atoms with Crippen LogP contribution in [0.15, 0.2) is 48.8 Å². The van der Waals surface area contributed by atoms with Crippen LogP contribution in [0.25, 0.3) is 17.1 Å². The molecule has 1 amide bonds. The van der Waals surface area contributed by atoms with Crippen LogP contribution in [-0.2, 0) is 11.2 Å². The lowest BCUT2D eigenvalue weighted by molar-refractivity contribution is -0.125. The highest BCUT2D eigenvalue weighted by Crippen LogP contribution is 2.21. The molecular weight excluding hydrogens is 426 g/mol. The number of hydrogen-bond donors (Lipinski definition) is 1. The van der Waals surface area contributed by atoms with Gasteiger partial charge in [-0.25, -0.2) is 13.8 Å². The SMILES string of the molecule is COc1ccc2nccc(CCN3CCC(C(=O)NC=Cc4cc(F)ccc4F)CC3)c2n1. The largest absolute Gasteiger partial charge is 0.481 e. The maximum absolute atomic E-state index is 13.7. The molecule has 0 aliphatic carbocycles. The van der Waals surface area contributed by atoms with Crippen LogP contribution >= 0.6 is 0 Å². The van der Waals surface area contributed by atoms with E-state index in [4.69, 9.17) is 4.74 Å². The van der Waals surface area contributed by atoms with Crippen LogP contribution in [0.1, 0.15) is 24.0 Å². The van der Waals surface area contributed by atoms with Crippen LogP contribution in [0.3, 0.4) is 0 Å². The molecule has 0 unspecified atom stereocenters. The summed E-state index contributed by atoms with van der Waals surface area (Å²) < 4.78 is 32.1. The summed E-state index contributed by atoms with van der Waals surface area (Å²) in [5, 5.41) is 2.70. The van der Waals surface area contributed by atoms with Gasteiger partial charge in [0, 0.05) is 36.5 Å². The van der Waals surface area contributed by atoms with E-state index in [0.29, 0.717) is 5.88 Å². The second kappa shape index (κ2) is 10.5. The van der Waals surface area contributed by atoms with Crippen LogP contribution in [0.2, 0.25) is 0 Å². The third-order valence-electron chi connectivity index (χ3n) is 5.95. The van der Waals surface area contributed by atoms with Crippen LogP contribution in [0.4, 0.5) is 8.78 Å². The number of piperidine rings is 1. The van der Waals surface area contributed by atoms with Crippen molar-refractivity contribution in [3.63, 3.8) is 0 Å². The number of hydrogen-bond acceptors (Lipinski definition) is 5. The molecule has 0 spiro atoms. The van der Waals surface area contributed by atoms with E-state index in [2.05, 4.69) is 20.2 Å². The van der Waals surface area contributed by atoms with Crippen molar-refractivity contribution in [2.45, 2.75) is 19.3 Å². The van der Waals surface area contributed by atoms with Gasteiger partial charge in [-0.15, -0.1) is 0 Å². The number of fused-ring (bicyclic) bond motifs is 1. The molecule has 1 aliphatic heterocycles. The second-order valence-corrected chi connectivity index (χ2v) is 8.07. The number of aromatic nitrogens is 2. The van der Waals surface area contributed by atoms with E-state index in [-0.39, 0.29) is 17.4 Å². The Bertz CT molecular complexity index is 1160. The Kier molecular flexibility index (Phi) is 7.24. The molecule has 172 valence electrons. The van der Waals surface area contributed by atoms with Crippen LogP contribution in [-0.4, -0.2) is 47.5 Å². The molecule has 2 aromatic heterocycles. The molecule has 3 heterocycles. The van der Waals surface area contributed by atoms with Gasteiger partial charge in [-0.2, -0.15) is 0 Å². The smallest absolute Gasteiger partial charge is 0.227 e. The fourth-order valence-electron chi connectivity index (χ4n) is 4.05. The predicted octanol–water partition coefficient (Wildman–Crippen LogP) is 3.96. The maximum atomic E-state index is 13.7. The zero-order valence-electron chi connectivity index (χ0n) is 18.4. The number of nitrogens with zero attached hydrogens (tertiary/aromatic N) is 3. The molecule has 0 atom stereocenters. The molecule has 0 saturated carbocycles. The van der Waals surface area contributed by atoms with Gasteiger partial charge in [0.2, 0.25) is 11.8 Å². The molecule has 33 heavy (non-hydrogen) atoms. The standard InChI is InChI=1S/C25H26F2N4O2/c1-33-23-5-4-22-24(30-23)17(6-11-28-22)8-13-31-14-9-18(10-15-31)25(32)29-12-7-19-16-20(26)2-3-21(19)27/h2-7,11-12,16,18H,8-10,13-15H2,1H3,(H,29,32). The van der Waals surface area contributed by atoms with Crippen molar-refractivity contribution in [3.05, 3.63) is 71.6 Å². The topological polar surface area (TPSA) is 67.3 Å². The van der Waals surface area contributed by atoms with E-state index in [0.717, 1.165) is 73.7 Å². The summed E-state index contributed by atoms with van der Waals surface area (Å²) in [5.74, 6) is -0.692. The normalized spacial score (nSPS) is 15.2. The third-order valence-corrected chi connectivity index (χ3v) is 5.95. The number of benzene rings is 1. The number of carbonyl (C=O) groups excluding carboxylic acids is 1. The molecule has 6 nitrogen and oxygen atoms in total. The minimum atomic E-state index is -0.536. The highest BCUT2D eigenvalue weighted by atomic mass is 19.1. The van der Waals surface area contributed by atoms with E-state index >= 15 is 0 Å². The van der Waals surface area contributed by atoms with E-state index in [1.807, 2.05) is 12.1 Å². The quantitative estimate of drug-likeness (QED) is 0.588. The Morgan fingerprint density at radius 1 is 1.21 bits per heavy atom. The van der Waals surface area contributed by atoms with Crippen molar-refractivity contribution in [1.82, 2.24) is 20.2 Å². The zero-order chi connectivity index (χ0) is 23.2. The minimum Gasteiger partial charge on any atom is -0.481 e. The highest BCUT2D eigenvalue weighted by molar-refractivity contribution is 5.80. The molecular formula is C25H26F2N4O2. The van der Waals surface area contributed by atoms with Gasteiger partial charge >= 0.3 is 0 Å². The van der Waals surface area contributed by atoms with E-state index < -0.39 is 11.6 Å². The number of rotatable bonds is 7. The predicted molar refractivity (Wildman–Crippen MR) is 122 cm³/mol. The first-order chi connectivity index (χ1) is 16.0. The molecule has 1 fully saturated rings. The Hall–Kier alpha value is -3.39. The van der Waals surface area contributed by atoms with Crippen LogP contribution in [0.5, 0.6) is 5.88 Å². The highest BCUT2D eigenvalue weighted by Gasteiger charge is 2.24. The zero-order valence-corrected chi connectivity index (χ0v) is 18.4. The van der Waals surface area contributed by atoms with Gasteiger partial charge in [0.15, 0.2) is 0 Å². The first-order valence-electron chi connectivity index (χ1n) is 11.0. The number of pyridine rings is 2. The van der Waals surface area contributed by atoms with Crippen LogP contribution < -0.4 is 10.1 Å². The van der Waals surface area contributed by atoms with Gasteiger partial charge in [0.05, 0.1) is 18.1 Å². The molecule has 8 heteroatoms. The van der Waals surface area contributed by atoms with Crippen molar-refractivity contribution in [3.8, 4) is 5.88 Å². The number of ether oxygens (including phenoxy) is 1. The Labute approximate surface area is 191 Å². The molecule has 0 radical (unpaired) electrons. The van der Waals surface area contributed by atoms with Crippen molar-refractivity contribution < 1.29 is 18.3 Å². The molecule has 3 aromatic rings. The lowest BCUT2D eigenvalue weighted by Crippen LogP contribution is -2.40. The van der Waals surface area contributed by atoms with Crippen molar-refractivity contribution >= 4 is 23.0 Å². The van der Waals surface area contributed by atoms with E-state index in [1.165, 1.54) is 12.3 Å². The van der Waals surface area contributed by atoms with Gasteiger partial charge in [-0.3, -0.25) is 9.78 Å². The average Bonchev–Trinajstić information content (AvgIpc) is 2.84. The minimum absolute atomic E-state index is 0.0980.